The second-order valence-corrected chi connectivity index (χ2v) is 4.58. The predicted octanol–water partition coefficient (Wildman–Crippen LogP) is 2.22. The molecular weight excluding hydrogens is 236 g/mol. The lowest BCUT2D eigenvalue weighted by Gasteiger charge is -2.10. The minimum atomic E-state index is -0.431. The second kappa shape index (κ2) is 5.34. The molecule has 0 saturated carbocycles. The Kier molecular flexibility index (Phi) is 3.82. The summed E-state index contributed by atoms with van der Waals surface area (Å²) in [5.41, 5.74) is 2.01. The molecule has 0 amide bonds. The lowest BCUT2D eigenvalue weighted by Crippen LogP contribution is -2.13. The molecule has 0 spiro atoms. The quantitative estimate of drug-likeness (QED) is 0.904. The molecule has 0 aliphatic rings. The Hall–Kier alpha value is -1.32. The highest BCUT2D eigenvalue weighted by Crippen LogP contribution is 2.17. The SMILES string of the molecule is Cn1cc(CC(O)Cc2ccccc2Cl)cn1. The van der Waals surface area contributed by atoms with E-state index in [1.807, 2.05) is 37.5 Å². The van der Waals surface area contributed by atoms with Crippen LogP contribution in [0.4, 0.5) is 0 Å². The monoisotopic (exact) mass is 250 g/mol. The fraction of sp³-hybridized carbons (Fsp3) is 0.308. The predicted molar refractivity (Wildman–Crippen MR) is 68.1 cm³/mol. The highest BCUT2D eigenvalue weighted by Gasteiger charge is 2.10. The first-order valence-corrected chi connectivity index (χ1v) is 5.92. The topological polar surface area (TPSA) is 38.0 Å². The summed E-state index contributed by atoms with van der Waals surface area (Å²) in [5.74, 6) is 0. The molecule has 1 unspecified atom stereocenters. The van der Waals surface area contributed by atoms with Crippen LogP contribution in [0.1, 0.15) is 11.1 Å². The number of aromatic nitrogens is 2. The van der Waals surface area contributed by atoms with Crippen LogP contribution in [0.3, 0.4) is 0 Å². The van der Waals surface area contributed by atoms with Crippen LogP contribution in [0, 0.1) is 0 Å². The maximum Gasteiger partial charge on any atom is 0.0622 e. The average molecular weight is 251 g/mol. The van der Waals surface area contributed by atoms with Gasteiger partial charge in [0.15, 0.2) is 0 Å². The number of aliphatic hydroxyl groups excluding tert-OH is 1. The Bertz CT molecular complexity index is 496. The summed E-state index contributed by atoms with van der Waals surface area (Å²) in [6.07, 6.45) is 4.42. The van der Waals surface area contributed by atoms with Crippen LogP contribution in [0.5, 0.6) is 0 Å². The first-order chi connectivity index (χ1) is 8.15. The summed E-state index contributed by atoms with van der Waals surface area (Å²) in [6.45, 7) is 0. The molecule has 3 nitrogen and oxygen atoms in total. The highest BCUT2D eigenvalue weighted by atomic mass is 35.5. The van der Waals surface area contributed by atoms with Crippen molar-refractivity contribution in [2.45, 2.75) is 18.9 Å². The lowest BCUT2D eigenvalue weighted by atomic mass is 10.0. The zero-order valence-corrected chi connectivity index (χ0v) is 10.4. The van der Waals surface area contributed by atoms with Crippen LogP contribution >= 0.6 is 11.6 Å². The van der Waals surface area contributed by atoms with Crippen LogP contribution in [-0.2, 0) is 19.9 Å². The van der Waals surface area contributed by atoms with Gasteiger partial charge in [0.25, 0.3) is 0 Å². The standard InChI is InChI=1S/C13H15ClN2O/c1-16-9-10(8-15-16)6-12(17)7-11-4-2-3-5-13(11)14/h2-5,8-9,12,17H,6-7H2,1H3. The summed E-state index contributed by atoms with van der Waals surface area (Å²) in [4.78, 5) is 0. The first-order valence-electron chi connectivity index (χ1n) is 5.54. The molecule has 0 aliphatic carbocycles. The van der Waals surface area contributed by atoms with Crippen LogP contribution < -0.4 is 0 Å². The van der Waals surface area contributed by atoms with Crippen molar-refractivity contribution >= 4 is 11.6 Å². The molecule has 90 valence electrons. The lowest BCUT2D eigenvalue weighted by molar-refractivity contribution is 0.175. The van der Waals surface area contributed by atoms with E-state index in [1.165, 1.54) is 0 Å². The van der Waals surface area contributed by atoms with E-state index in [1.54, 1.807) is 10.9 Å². The van der Waals surface area contributed by atoms with Gasteiger partial charge in [0.2, 0.25) is 0 Å². The Morgan fingerprint density at radius 3 is 2.76 bits per heavy atom. The molecule has 0 saturated heterocycles. The minimum absolute atomic E-state index is 0.431. The van der Waals surface area contributed by atoms with Crippen LogP contribution in [0.15, 0.2) is 36.7 Å². The fourth-order valence-corrected chi connectivity index (χ4v) is 2.05. The van der Waals surface area contributed by atoms with Crippen molar-refractivity contribution < 1.29 is 5.11 Å². The van der Waals surface area contributed by atoms with Gasteiger partial charge in [0.05, 0.1) is 12.3 Å². The van der Waals surface area contributed by atoms with E-state index in [9.17, 15) is 5.11 Å². The van der Waals surface area contributed by atoms with Crippen molar-refractivity contribution in [3.05, 3.63) is 52.8 Å². The van der Waals surface area contributed by atoms with E-state index >= 15 is 0 Å². The largest absolute Gasteiger partial charge is 0.392 e. The molecule has 1 N–H and O–H groups in total. The number of hydrogen-bond donors (Lipinski definition) is 1. The van der Waals surface area contributed by atoms with E-state index in [4.69, 9.17) is 11.6 Å². The number of hydrogen-bond acceptors (Lipinski definition) is 2. The summed E-state index contributed by atoms with van der Waals surface area (Å²) in [6, 6.07) is 7.60. The molecule has 1 atom stereocenters. The van der Waals surface area contributed by atoms with Gasteiger partial charge < -0.3 is 5.11 Å². The highest BCUT2D eigenvalue weighted by molar-refractivity contribution is 6.31. The van der Waals surface area contributed by atoms with E-state index < -0.39 is 6.10 Å². The average Bonchev–Trinajstić information content (AvgIpc) is 2.67. The van der Waals surface area contributed by atoms with E-state index in [0.29, 0.717) is 17.9 Å². The molecule has 0 fully saturated rings. The van der Waals surface area contributed by atoms with Crippen LogP contribution in [0.25, 0.3) is 0 Å². The molecule has 17 heavy (non-hydrogen) atoms. The molecule has 0 aliphatic heterocycles. The van der Waals surface area contributed by atoms with Gasteiger partial charge in [-0.05, 0) is 17.2 Å². The number of aliphatic hydroxyl groups is 1. The number of benzene rings is 1. The van der Waals surface area contributed by atoms with Crippen molar-refractivity contribution in [2.24, 2.45) is 7.05 Å². The maximum absolute atomic E-state index is 9.99. The smallest absolute Gasteiger partial charge is 0.0622 e. The summed E-state index contributed by atoms with van der Waals surface area (Å²) in [5, 5.41) is 14.8. The van der Waals surface area contributed by atoms with Crippen molar-refractivity contribution in [1.82, 2.24) is 9.78 Å². The Morgan fingerprint density at radius 1 is 1.35 bits per heavy atom. The van der Waals surface area contributed by atoms with E-state index in [0.717, 1.165) is 11.1 Å². The van der Waals surface area contributed by atoms with Crippen molar-refractivity contribution in [1.29, 1.82) is 0 Å². The van der Waals surface area contributed by atoms with E-state index in [2.05, 4.69) is 5.10 Å². The molecule has 1 heterocycles. The van der Waals surface area contributed by atoms with Gasteiger partial charge in [0, 0.05) is 31.1 Å². The number of aryl methyl sites for hydroxylation is 1. The number of halogens is 1. The molecule has 0 radical (unpaired) electrons. The fourth-order valence-electron chi connectivity index (χ4n) is 1.84. The van der Waals surface area contributed by atoms with Gasteiger partial charge in [-0.2, -0.15) is 5.10 Å². The van der Waals surface area contributed by atoms with Gasteiger partial charge in [-0.1, -0.05) is 29.8 Å². The summed E-state index contributed by atoms with van der Waals surface area (Å²) in [7, 11) is 1.87. The van der Waals surface area contributed by atoms with Gasteiger partial charge in [-0.3, -0.25) is 4.68 Å². The van der Waals surface area contributed by atoms with Crippen LogP contribution in [-0.4, -0.2) is 21.0 Å². The summed E-state index contributed by atoms with van der Waals surface area (Å²) >= 11 is 6.05. The molecule has 2 aromatic rings. The van der Waals surface area contributed by atoms with Crippen molar-refractivity contribution in [3.8, 4) is 0 Å². The second-order valence-electron chi connectivity index (χ2n) is 4.18. The first kappa shape index (κ1) is 12.1. The molecule has 2 rings (SSSR count). The Balaban J connectivity index is 1.98. The minimum Gasteiger partial charge on any atom is -0.392 e. The number of rotatable bonds is 4. The van der Waals surface area contributed by atoms with Gasteiger partial charge in [-0.25, -0.2) is 0 Å². The van der Waals surface area contributed by atoms with Gasteiger partial charge in [0.1, 0.15) is 0 Å². The Labute approximate surface area is 106 Å². The number of nitrogens with zero attached hydrogens (tertiary/aromatic N) is 2. The maximum atomic E-state index is 9.99. The van der Waals surface area contributed by atoms with E-state index in [-0.39, 0.29) is 0 Å². The zero-order chi connectivity index (χ0) is 12.3. The van der Waals surface area contributed by atoms with Gasteiger partial charge >= 0.3 is 0 Å². The summed E-state index contributed by atoms with van der Waals surface area (Å²) < 4.78 is 1.73. The third-order valence-corrected chi connectivity index (χ3v) is 3.01. The van der Waals surface area contributed by atoms with Crippen molar-refractivity contribution in [2.75, 3.05) is 0 Å². The molecule has 1 aromatic carbocycles. The van der Waals surface area contributed by atoms with Crippen molar-refractivity contribution in [3.63, 3.8) is 0 Å². The molecule has 4 heteroatoms. The third kappa shape index (κ3) is 3.32. The van der Waals surface area contributed by atoms with Gasteiger partial charge in [-0.15, -0.1) is 0 Å². The normalized spacial score (nSPS) is 12.6. The molecule has 0 bridgehead atoms. The third-order valence-electron chi connectivity index (χ3n) is 2.64. The van der Waals surface area contributed by atoms with Crippen LogP contribution in [0.2, 0.25) is 5.02 Å². The molecular formula is C13H15ClN2O. The zero-order valence-electron chi connectivity index (χ0n) is 9.68. The Morgan fingerprint density at radius 2 is 2.12 bits per heavy atom. The molecule has 1 aromatic heterocycles.